The summed E-state index contributed by atoms with van der Waals surface area (Å²) in [4.78, 5) is 0. The minimum atomic E-state index is -0.0583. The second kappa shape index (κ2) is 8.02. The molecule has 0 atom stereocenters. The van der Waals surface area contributed by atoms with Gasteiger partial charge in [-0.25, -0.2) is 0 Å². The number of hydrogen-bond donors (Lipinski definition) is 2. The first-order chi connectivity index (χ1) is 14.1. The lowest BCUT2D eigenvalue weighted by Crippen LogP contribution is -2.22. The van der Waals surface area contributed by atoms with Gasteiger partial charge in [0.25, 0.3) is 0 Å². The lowest BCUT2D eigenvalue weighted by molar-refractivity contribution is 0.976. The predicted octanol–water partition coefficient (Wildman–Crippen LogP) is 4.07. The SMILES string of the molecule is Cn1c(-c2ccccc2)c(C(Cc2ccccc2)=NN=C(N)N)c2ccccc21. The summed E-state index contributed by atoms with van der Waals surface area (Å²) in [6, 6.07) is 28.9. The number of nitrogens with zero attached hydrogens (tertiary/aromatic N) is 3. The monoisotopic (exact) mass is 381 g/mol. The number of hydrogen-bond acceptors (Lipinski definition) is 2. The minimum absolute atomic E-state index is 0.0583. The molecule has 1 heterocycles. The van der Waals surface area contributed by atoms with Crippen molar-refractivity contribution >= 4 is 22.6 Å². The van der Waals surface area contributed by atoms with Gasteiger partial charge in [-0.15, -0.1) is 5.10 Å². The van der Waals surface area contributed by atoms with Crippen molar-refractivity contribution in [3.05, 3.63) is 96.1 Å². The molecule has 3 aromatic carbocycles. The molecule has 4 rings (SSSR count). The van der Waals surface area contributed by atoms with Gasteiger partial charge in [-0.2, -0.15) is 5.10 Å². The molecule has 0 radical (unpaired) electrons. The second-order valence-corrected chi connectivity index (χ2v) is 6.90. The number of rotatable bonds is 5. The molecule has 144 valence electrons. The number of nitrogens with two attached hydrogens (primary N) is 2. The van der Waals surface area contributed by atoms with E-state index < -0.39 is 0 Å². The molecule has 1 aromatic heterocycles. The van der Waals surface area contributed by atoms with Gasteiger partial charge in [0.05, 0.1) is 11.4 Å². The molecular formula is C24H23N5. The van der Waals surface area contributed by atoms with Crippen LogP contribution in [0.5, 0.6) is 0 Å². The van der Waals surface area contributed by atoms with Crippen molar-refractivity contribution in [1.82, 2.24) is 4.57 Å². The summed E-state index contributed by atoms with van der Waals surface area (Å²) in [5, 5.41) is 9.60. The van der Waals surface area contributed by atoms with E-state index >= 15 is 0 Å². The van der Waals surface area contributed by atoms with Gasteiger partial charge >= 0.3 is 0 Å². The molecule has 0 unspecified atom stereocenters. The van der Waals surface area contributed by atoms with Gasteiger partial charge in [-0.05, 0) is 17.2 Å². The van der Waals surface area contributed by atoms with Crippen molar-refractivity contribution in [2.24, 2.45) is 28.7 Å². The van der Waals surface area contributed by atoms with Gasteiger partial charge in [0.15, 0.2) is 0 Å². The highest BCUT2D eigenvalue weighted by Gasteiger charge is 2.21. The first-order valence-corrected chi connectivity index (χ1v) is 9.47. The van der Waals surface area contributed by atoms with Gasteiger partial charge in [0.1, 0.15) is 0 Å². The lowest BCUT2D eigenvalue weighted by atomic mass is 9.96. The maximum atomic E-state index is 5.59. The third kappa shape index (κ3) is 3.75. The quantitative estimate of drug-likeness (QED) is 0.310. The number of fused-ring (bicyclic) bond motifs is 1. The van der Waals surface area contributed by atoms with Crippen LogP contribution in [-0.4, -0.2) is 16.2 Å². The first kappa shape index (κ1) is 18.5. The van der Waals surface area contributed by atoms with E-state index in [2.05, 4.69) is 58.2 Å². The Labute approximate surface area is 170 Å². The standard InChI is InChI=1S/C24H23N5/c1-29-21-15-9-8-14-19(21)22(23(29)18-12-6-3-7-13-18)20(27-28-24(25)26)16-17-10-4-2-5-11-17/h2-15H,16H2,1H3,(H4,25,26,28). The fraction of sp³-hybridized carbons (Fsp3) is 0.0833. The Morgan fingerprint density at radius 2 is 1.41 bits per heavy atom. The zero-order valence-corrected chi connectivity index (χ0v) is 16.3. The minimum Gasteiger partial charge on any atom is -0.369 e. The smallest absolute Gasteiger partial charge is 0.211 e. The van der Waals surface area contributed by atoms with E-state index in [1.54, 1.807) is 0 Å². The Morgan fingerprint density at radius 1 is 0.793 bits per heavy atom. The van der Waals surface area contributed by atoms with Crippen LogP contribution in [0.2, 0.25) is 0 Å². The van der Waals surface area contributed by atoms with Crippen molar-refractivity contribution in [2.75, 3.05) is 0 Å². The van der Waals surface area contributed by atoms with Gasteiger partial charge in [-0.1, -0.05) is 78.9 Å². The van der Waals surface area contributed by atoms with Crippen LogP contribution in [0.25, 0.3) is 22.2 Å². The molecule has 0 aliphatic carbocycles. The van der Waals surface area contributed by atoms with E-state index in [1.807, 2.05) is 48.5 Å². The van der Waals surface area contributed by atoms with Gasteiger partial charge in [0.2, 0.25) is 5.96 Å². The molecule has 5 heteroatoms. The van der Waals surface area contributed by atoms with Gasteiger partial charge in [-0.3, -0.25) is 0 Å². The molecule has 0 saturated heterocycles. The summed E-state index contributed by atoms with van der Waals surface area (Å²) in [5.74, 6) is -0.0583. The number of para-hydroxylation sites is 1. The Bertz CT molecular complexity index is 1180. The topological polar surface area (TPSA) is 81.7 Å². The summed E-state index contributed by atoms with van der Waals surface area (Å²) in [6.45, 7) is 0. The highest BCUT2D eigenvalue weighted by molar-refractivity contribution is 6.16. The number of aromatic nitrogens is 1. The van der Waals surface area contributed by atoms with Crippen LogP contribution in [0.4, 0.5) is 0 Å². The number of aryl methyl sites for hydroxylation is 1. The van der Waals surface area contributed by atoms with Crippen LogP contribution < -0.4 is 11.5 Å². The van der Waals surface area contributed by atoms with E-state index in [0.717, 1.165) is 39.0 Å². The van der Waals surface area contributed by atoms with Gasteiger partial charge in [0, 0.05) is 29.9 Å². The zero-order chi connectivity index (χ0) is 20.2. The van der Waals surface area contributed by atoms with E-state index in [1.165, 1.54) is 0 Å². The number of benzene rings is 3. The largest absolute Gasteiger partial charge is 0.369 e. The van der Waals surface area contributed by atoms with Crippen molar-refractivity contribution in [1.29, 1.82) is 0 Å². The molecule has 29 heavy (non-hydrogen) atoms. The molecule has 0 aliphatic heterocycles. The summed E-state index contributed by atoms with van der Waals surface area (Å²) >= 11 is 0. The van der Waals surface area contributed by atoms with E-state index in [9.17, 15) is 0 Å². The molecule has 0 fully saturated rings. The Hall–Kier alpha value is -3.86. The van der Waals surface area contributed by atoms with Gasteiger partial charge < -0.3 is 16.0 Å². The highest BCUT2D eigenvalue weighted by atomic mass is 15.3. The molecule has 0 amide bonds. The summed E-state index contributed by atoms with van der Waals surface area (Å²) < 4.78 is 2.20. The fourth-order valence-electron chi connectivity index (χ4n) is 3.70. The second-order valence-electron chi connectivity index (χ2n) is 6.90. The maximum absolute atomic E-state index is 5.59. The molecule has 5 nitrogen and oxygen atoms in total. The van der Waals surface area contributed by atoms with Crippen LogP contribution in [0.15, 0.2) is 95.1 Å². The summed E-state index contributed by atoms with van der Waals surface area (Å²) in [5.41, 5.74) is 17.5. The van der Waals surface area contributed by atoms with Crippen molar-refractivity contribution in [3.8, 4) is 11.3 Å². The molecule has 0 bridgehead atoms. The molecule has 4 aromatic rings. The normalized spacial score (nSPS) is 11.6. The third-order valence-corrected chi connectivity index (χ3v) is 4.94. The molecule has 0 saturated carbocycles. The third-order valence-electron chi connectivity index (χ3n) is 4.94. The zero-order valence-electron chi connectivity index (χ0n) is 16.3. The van der Waals surface area contributed by atoms with Crippen LogP contribution in [-0.2, 0) is 13.5 Å². The lowest BCUT2D eigenvalue weighted by Gasteiger charge is -2.11. The number of guanidine groups is 1. The molecule has 4 N–H and O–H groups in total. The fourth-order valence-corrected chi connectivity index (χ4v) is 3.70. The van der Waals surface area contributed by atoms with E-state index in [-0.39, 0.29) is 5.96 Å². The van der Waals surface area contributed by atoms with Crippen LogP contribution >= 0.6 is 0 Å². The average molecular weight is 381 g/mol. The van der Waals surface area contributed by atoms with Crippen LogP contribution in [0, 0.1) is 0 Å². The summed E-state index contributed by atoms with van der Waals surface area (Å²) in [6.07, 6.45) is 0.617. The van der Waals surface area contributed by atoms with E-state index in [4.69, 9.17) is 11.5 Å². The summed E-state index contributed by atoms with van der Waals surface area (Å²) in [7, 11) is 2.08. The van der Waals surface area contributed by atoms with E-state index in [0.29, 0.717) is 6.42 Å². The molecule has 0 aliphatic rings. The Kier molecular flexibility index (Phi) is 5.12. The predicted molar refractivity (Wildman–Crippen MR) is 121 cm³/mol. The highest BCUT2D eigenvalue weighted by Crippen LogP contribution is 2.34. The average Bonchev–Trinajstić information content (AvgIpc) is 3.05. The maximum Gasteiger partial charge on any atom is 0.211 e. The molecule has 0 spiro atoms. The van der Waals surface area contributed by atoms with Crippen molar-refractivity contribution in [3.63, 3.8) is 0 Å². The Morgan fingerprint density at radius 3 is 2.10 bits per heavy atom. The first-order valence-electron chi connectivity index (χ1n) is 9.47. The van der Waals surface area contributed by atoms with Crippen LogP contribution in [0.3, 0.4) is 0 Å². The molecular weight excluding hydrogens is 358 g/mol. The Balaban J connectivity index is 2.00. The van der Waals surface area contributed by atoms with Crippen molar-refractivity contribution in [2.45, 2.75) is 6.42 Å². The van der Waals surface area contributed by atoms with Crippen LogP contribution in [0.1, 0.15) is 11.1 Å². The van der Waals surface area contributed by atoms with Crippen molar-refractivity contribution < 1.29 is 0 Å².